The Hall–Kier alpha value is -0.940. The van der Waals surface area contributed by atoms with Gasteiger partial charge in [-0.25, -0.2) is 4.98 Å². The minimum absolute atomic E-state index is 0.587. The summed E-state index contributed by atoms with van der Waals surface area (Å²) < 4.78 is 10.1. The van der Waals surface area contributed by atoms with Gasteiger partial charge < -0.3 is 15.2 Å². The molecule has 0 aliphatic carbocycles. The van der Waals surface area contributed by atoms with Crippen LogP contribution in [0.1, 0.15) is 5.56 Å². The Kier molecular flexibility index (Phi) is 8.75. The standard InChI is InChI=1S/C9H14N2O2.C2H6S/c1-12-8-6-11-9(13-2)5-7(8)3-4-10;1-3-2/h5-6H,3-4,10H2,1-2H3;1-2H3. The third-order valence-corrected chi connectivity index (χ3v) is 1.77. The van der Waals surface area contributed by atoms with Gasteiger partial charge in [0, 0.05) is 11.6 Å². The zero-order valence-electron chi connectivity index (χ0n) is 10.3. The van der Waals surface area contributed by atoms with Crippen molar-refractivity contribution in [3.8, 4) is 11.6 Å². The van der Waals surface area contributed by atoms with E-state index in [-0.39, 0.29) is 0 Å². The zero-order chi connectivity index (χ0) is 12.4. The van der Waals surface area contributed by atoms with Crippen molar-refractivity contribution in [2.75, 3.05) is 33.3 Å². The van der Waals surface area contributed by atoms with E-state index in [1.165, 1.54) is 0 Å². The Morgan fingerprint density at radius 2 is 1.94 bits per heavy atom. The predicted octanol–water partition coefficient (Wildman–Crippen LogP) is 1.58. The van der Waals surface area contributed by atoms with Crippen molar-refractivity contribution in [1.29, 1.82) is 0 Å². The van der Waals surface area contributed by atoms with Crippen molar-refractivity contribution in [3.05, 3.63) is 17.8 Å². The van der Waals surface area contributed by atoms with E-state index >= 15 is 0 Å². The van der Waals surface area contributed by atoms with Crippen molar-refractivity contribution >= 4 is 11.8 Å². The molecular formula is C11H20N2O2S. The summed E-state index contributed by atoms with van der Waals surface area (Å²) in [4.78, 5) is 4.02. The second kappa shape index (κ2) is 9.30. The Morgan fingerprint density at radius 1 is 1.31 bits per heavy atom. The summed E-state index contributed by atoms with van der Waals surface area (Å²) in [6.07, 6.45) is 6.49. The van der Waals surface area contributed by atoms with Crippen LogP contribution in [0.25, 0.3) is 0 Å². The Labute approximate surface area is 102 Å². The smallest absolute Gasteiger partial charge is 0.213 e. The van der Waals surface area contributed by atoms with Crippen LogP contribution in [-0.4, -0.2) is 38.3 Å². The Bertz CT molecular complexity index is 295. The van der Waals surface area contributed by atoms with Crippen molar-refractivity contribution in [2.24, 2.45) is 5.73 Å². The highest BCUT2D eigenvalue weighted by Gasteiger charge is 2.04. The van der Waals surface area contributed by atoms with Crippen LogP contribution in [0.3, 0.4) is 0 Å². The molecule has 0 radical (unpaired) electrons. The highest BCUT2D eigenvalue weighted by atomic mass is 32.2. The molecule has 2 N–H and O–H groups in total. The van der Waals surface area contributed by atoms with Crippen molar-refractivity contribution in [1.82, 2.24) is 4.98 Å². The lowest BCUT2D eigenvalue weighted by atomic mass is 10.2. The Balaban J connectivity index is 0.000000673. The minimum Gasteiger partial charge on any atom is -0.495 e. The fraction of sp³-hybridized carbons (Fsp3) is 0.545. The van der Waals surface area contributed by atoms with Crippen LogP contribution in [0, 0.1) is 0 Å². The number of nitrogens with two attached hydrogens (primary N) is 1. The van der Waals surface area contributed by atoms with E-state index < -0.39 is 0 Å². The van der Waals surface area contributed by atoms with E-state index in [0.717, 1.165) is 17.7 Å². The molecule has 1 heterocycles. The van der Waals surface area contributed by atoms with Crippen LogP contribution >= 0.6 is 11.8 Å². The number of ether oxygens (including phenoxy) is 2. The number of methoxy groups -OCH3 is 2. The monoisotopic (exact) mass is 244 g/mol. The molecule has 0 saturated carbocycles. The molecule has 4 nitrogen and oxygen atoms in total. The quantitative estimate of drug-likeness (QED) is 0.871. The normalized spacial score (nSPS) is 9.06. The lowest BCUT2D eigenvalue weighted by molar-refractivity contribution is 0.384. The van der Waals surface area contributed by atoms with Crippen molar-refractivity contribution in [2.45, 2.75) is 6.42 Å². The van der Waals surface area contributed by atoms with Crippen LogP contribution in [0.4, 0.5) is 0 Å². The largest absolute Gasteiger partial charge is 0.495 e. The molecule has 5 heteroatoms. The molecule has 0 aliphatic heterocycles. The molecule has 0 aliphatic rings. The number of hydrogen-bond acceptors (Lipinski definition) is 5. The maximum atomic E-state index is 5.46. The van der Waals surface area contributed by atoms with E-state index in [2.05, 4.69) is 4.98 Å². The summed E-state index contributed by atoms with van der Waals surface area (Å²) in [6, 6.07) is 1.84. The molecule has 0 spiro atoms. The average Bonchev–Trinajstić information content (AvgIpc) is 2.30. The van der Waals surface area contributed by atoms with Gasteiger partial charge in [0.2, 0.25) is 5.88 Å². The fourth-order valence-corrected chi connectivity index (χ4v) is 1.11. The molecule has 0 bridgehead atoms. The average molecular weight is 244 g/mol. The molecule has 1 rings (SSSR count). The van der Waals surface area contributed by atoms with Crippen LogP contribution in [0.2, 0.25) is 0 Å². The van der Waals surface area contributed by atoms with Gasteiger partial charge in [-0.2, -0.15) is 11.8 Å². The summed E-state index contributed by atoms with van der Waals surface area (Å²) >= 11 is 1.75. The number of hydrogen-bond donors (Lipinski definition) is 1. The molecule has 0 amide bonds. The van der Waals surface area contributed by atoms with Crippen LogP contribution < -0.4 is 15.2 Å². The van der Waals surface area contributed by atoms with E-state index in [1.54, 1.807) is 32.2 Å². The molecule has 0 aromatic carbocycles. The first kappa shape index (κ1) is 15.1. The molecule has 92 valence electrons. The predicted molar refractivity (Wildman–Crippen MR) is 69.5 cm³/mol. The third kappa shape index (κ3) is 5.23. The van der Waals surface area contributed by atoms with E-state index in [1.807, 2.05) is 18.6 Å². The SMILES string of the molecule is COc1cc(CCN)c(OC)cn1.CSC. The van der Waals surface area contributed by atoms with Gasteiger partial charge in [0.15, 0.2) is 0 Å². The molecule has 0 unspecified atom stereocenters. The molecule has 0 atom stereocenters. The zero-order valence-corrected chi connectivity index (χ0v) is 11.1. The van der Waals surface area contributed by atoms with Crippen LogP contribution in [0.15, 0.2) is 12.3 Å². The first-order valence-corrected chi connectivity index (χ1v) is 6.53. The number of rotatable bonds is 4. The number of aromatic nitrogens is 1. The molecule has 0 fully saturated rings. The van der Waals surface area contributed by atoms with Crippen LogP contribution in [0.5, 0.6) is 11.6 Å². The van der Waals surface area contributed by atoms with E-state index in [4.69, 9.17) is 15.2 Å². The summed E-state index contributed by atoms with van der Waals surface area (Å²) in [7, 11) is 3.20. The maximum Gasteiger partial charge on any atom is 0.213 e. The summed E-state index contributed by atoms with van der Waals surface area (Å²) in [5.74, 6) is 1.34. The molecule has 16 heavy (non-hydrogen) atoms. The molecular weight excluding hydrogens is 224 g/mol. The lowest BCUT2D eigenvalue weighted by Gasteiger charge is -2.07. The number of thioether (sulfide) groups is 1. The second-order valence-electron chi connectivity index (χ2n) is 2.99. The summed E-state index contributed by atoms with van der Waals surface area (Å²) in [5.41, 5.74) is 6.48. The molecule has 1 aromatic rings. The number of pyridine rings is 1. The molecule has 0 saturated heterocycles. The highest BCUT2D eigenvalue weighted by molar-refractivity contribution is 7.97. The van der Waals surface area contributed by atoms with Gasteiger partial charge in [0.05, 0.1) is 20.4 Å². The van der Waals surface area contributed by atoms with E-state index in [9.17, 15) is 0 Å². The van der Waals surface area contributed by atoms with E-state index in [0.29, 0.717) is 12.4 Å². The first-order valence-electron chi connectivity index (χ1n) is 4.90. The van der Waals surface area contributed by atoms with Crippen molar-refractivity contribution in [3.63, 3.8) is 0 Å². The second-order valence-corrected chi connectivity index (χ2v) is 3.80. The van der Waals surface area contributed by atoms with Crippen LogP contribution in [-0.2, 0) is 6.42 Å². The summed E-state index contributed by atoms with van der Waals surface area (Å²) in [5, 5.41) is 0. The molecule has 1 aromatic heterocycles. The van der Waals surface area contributed by atoms with Gasteiger partial charge in [-0.15, -0.1) is 0 Å². The van der Waals surface area contributed by atoms with Gasteiger partial charge >= 0.3 is 0 Å². The first-order chi connectivity index (χ1) is 7.73. The van der Waals surface area contributed by atoms with Gasteiger partial charge in [-0.1, -0.05) is 0 Å². The minimum atomic E-state index is 0.587. The van der Waals surface area contributed by atoms with Gasteiger partial charge in [0.1, 0.15) is 5.75 Å². The number of nitrogens with zero attached hydrogens (tertiary/aromatic N) is 1. The van der Waals surface area contributed by atoms with Gasteiger partial charge in [-0.3, -0.25) is 0 Å². The van der Waals surface area contributed by atoms with Gasteiger partial charge in [0.25, 0.3) is 0 Å². The van der Waals surface area contributed by atoms with Gasteiger partial charge in [-0.05, 0) is 25.5 Å². The highest BCUT2D eigenvalue weighted by Crippen LogP contribution is 2.20. The maximum absolute atomic E-state index is 5.46. The van der Waals surface area contributed by atoms with Crippen molar-refractivity contribution < 1.29 is 9.47 Å². The summed E-state index contributed by atoms with van der Waals surface area (Å²) in [6.45, 7) is 0.587. The third-order valence-electron chi connectivity index (χ3n) is 1.77. The lowest BCUT2D eigenvalue weighted by Crippen LogP contribution is -2.05. The Morgan fingerprint density at radius 3 is 2.38 bits per heavy atom. The topological polar surface area (TPSA) is 57.4 Å². The fourth-order valence-electron chi connectivity index (χ4n) is 1.11.